The number of rotatable bonds is 7. The number of nitro benzene ring substituents is 1. The van der Waals surface area contributed by atoms with Gasteiger partial charge < -0.3 is 5.32 Å². The van der Waals surface area contributed by atoms with Crippen LogP contribution in [0.15, 0.2) is 65.8 Å². The fourth-order valence-electron chi connectivity index (χ4n) is 3.24. The molecule has 0 radical (unpaired) electrons. The van der Waals surface area contributed by atoms with Crippen molar-refractivity contribution >= 4 is 22.6 Å². The zero-order valence-electron chi connectivity index (χ0n) is 16.6. The quantitative estimate of drug-likeness (QED) is 0.349. The Kier molecular flexibility index (Phi) is 5.71. The molecule has 4 rings (SSSR count). The monoisotopic (exact) mass is 436 g/mol. The smallest absolute Gasteiger partial charge is 0.294 e. The van der Waals surface area contributed by atoms with Crippen LogP contribution in [0, 0.1) is 15.9 Å². The molecule has 32 heavy (non-hydrogen) atoms. The second-order valence-electron chi connectivity index (χ2n) is 6.94. The van der Waals surface area contributed by atoms with E-state index in [1.807, 2.05) is 0 Å². The van der Waals surface area contributed by atoms with Crippen LogP contribution in [0.3, 0.4) is 0 Å². The Morgan fingerprint density at radius 3 is 2.66 bits per heavy atom. The van der Waals surface area contributed by atoms with Gasteiger partial charge >= 0.3 is 0 Å². The van der Waals surface area contributed by atoms with Gasteiger partial charge in [0, 0.05) is 12.6 Å². The minimum Gasteiger partial charge on any atom is -0.354 e. The predicted octanol–water partition coefficient (Wildman–Crippen LogP) is 1.99. The summed E-state index contributed by atoms with van der Waals surface area (Å²) < 4.78 is 15.3. The largest absolute Gasteiger partial charge is 0.354 e. The van der Waals surface area contributed by atoms with Gasteiger partial charge in [-0.25, -0.2) is 14.1 Å². The highest BCUT2D eigenvalue weighted by Gasteiger charge is 2.19. The van der Waals surface area contributed by atoms with E-state index in [1.54, 1.807) is 18.2 Å². The molecular formula is C21H17FN6O4. The highest BCUT2D eigenvalue weighted by Crippen LogP contribution is 2.23. The molecule has 0 spiro atoms. The van der Waals surface area contributed by atoms with Crippen molar-refractivity contribution in [3.63, 3.8) is 0 Å². The third kappa shape index (κ3) is 4.21. The number of fused-ring (bicyclic) bond motifs is 1. The summed E-state index contributed by atoms with van der Waals surface area (Å²) in [4.78, 5) is 40.0. The van der Waals surface area contributed by atoms with E-state index in [2.05, 4.69) is 15.4 Å². The molecule has 0 saturated heterocycles. The zero-order chi connectivity index (χ0) is 22.7. The van der Waals surface area contributed by atoms with Crippen LogP contribution in [0.4, 0.5) is 10.1 Å². The average Bonchev–Trinajstić information content (AvgIpc) is 3.22. The van der Waals surface area contributed by atoms with E-state index in [9.17, 15) is 24.1 Å². The summed E-state index contributed by atoms with van der Waals surface area (Å²) in [5, 5.41) is 18.2. The highest BCUT2D eigenvalue weighted by molar-refractivity contribution is 5.78. The number of nitro groups is 1. The van der Waals surface area contributed by atoms with E-state index >= 15 is 0 Å². The first kappa shape index (κ1) is 20.8. The molecule has 0 fully saturated rings. The molecule has 0 saturated carbocycles. The SMILES string of the molecule is O=C(Cn1cnc2c(cnn2-c2ccccc2[N+](=O)[O-])c1=O)NCCc1ccc(F)cc1. The third-order valence-electron chi connectivity index (χ3n) is 4.82. The van der Waals surface area contributed by atoms with Crippen molar-refractivity contribution < 1.29 is 14.1 Å². The van der Waals surface area contributed by atoms with E-state index in [4.69, 9.17) is 0 Å². The summed E-state index contributed by atoms with van der Waals surface area (Å²) in [7, 11) is 0. The van der Waals surface area contributed by atoms with Crippen molar-refractivity contribution in [2.75, 3.05) is 6.54 Å². The van der Waals surface area contributed by atoms with E-state index in [0.29, 0.717) is 13.0 Å². The van der Waals surface area contributed by atoms with Crippen LogP contribution in [0.25, 0.3) is 16.7 Å². The molecule has 11 heteroatoms. The molecule has 1 amide bonds. The fourth-order valence-corrected chi connectivity index (χ4v) is 3.24. The van der Waals surface area contributed by atoms with Crippen LogP contribution in [-0.2, 0) is 17.8 Å². The summed E-state index contributed by atoms with van der Waals surface area (Å²) >= 11 is 0. The van der Waals surface area contributed by atoms with Gasteiger partial charge in [-0.15, -0.1) is 0 Å². The zero-order valence-corrected chi connectivity index (χ0v) is 16.6. The van der Waals surface area contributed by atoms with Crippen LogP contribution >= 0.6 is 0 Å². The van der Waals surface area contributed by atoms with Crippen molar-refractivity contribution in [1.29, 1.82) is 0 Å². The summed E-state index contributed by atoms with van der Waals surface area (Å²) in [5.41, 5.74) is 0.528. The highest BCUT2D eigenvalue weighted by atomic mass is 19.1. The van der Waals surface area contributed by atoms with Gasteiger partial charge in [0.15, 0.2) is 5.65 Å². The van der Waals surface area contributed by atoms with Gasteiger partial charge in [-0.3, -0.25) is 24.3 Å². The number of carbonyl (C=O) groups excluding carboxylic acids is 1. The lowest BCUT2D eigenvalue weighted by atomic mass is 10.1. The third-order valence-corrected chi connectivity index (χ3v) is 4.82. The Labute approximate surface area is 180 Å². The van der Waals surface area contributed by atoms with Crippen molar-refractivity contribution in [3.05, 3.63) is 92.9 Å². The van der Waals surface area contributed by atoms with Crippen LogP contribution in [0.1, 0.15) is 5.56 Å². The van der Waals surface area contributed by atoms with Gasteiger partial charge in [0.2, 0.25) is 5.91 Å². The second kappa shape index (κ2) is 8.76. The van der Waals surface area contributed by atoms with Gasteiger partial charge in [-0.2, -0.15) is 5.10 Å². The van der Waals surface area contributed by atoms with Crippen molar-refractivity contribution in [1.82, 2.24) is 24.6 Å². The Hall–Kier alpha value is -4.41. The average molecular weight is 436 g/mol. The first-order valence-corrected chi connectivity index (χ1v) is 9.62. The molecule has 0 bridgehead atoms. The molecule has 162 valence electrons. The van der Waals surface area contributed by atoms with Crippen LogP contribution < -0.4 is 10.9 Å². The summed E-state index contributed by atoms with van der Waals surface area (Å²) in [6.45, 7) is 0.0757. The van der Waals surface area contributed by atoms with Crippen LogP contribution in [-0.4, -0.2) is 36.7 Å². The van der Waals surface area contributed by atoms with E-state index < -0.39 is 10.5 Å². The molecule has 2 heterocycles. The van der Waals surface area contributed by atoms with Crippen molar-refractivity contribution in [3.8, 4) is 5.69 Å². The van der Waals surface area contributed by atoms with Crippen LogP contribution in [0.5, 0.6) is 0 Å². The van der Waals surface area contributed by atoms with Gasteiger partial charge in [-0.05, 0) is 30.2 Å². The number of nitrogens with zero attached hydrogens (tertiary/aromatic N) is 5. The standard InChI is InChI=1S/C21H17FN6O4/c22-15-7-5-14(6-8-15)9-10-23-19(29)12-26-13-24-20-16(21(26)30)11-25-27(20)17-3-1-2-4-18(17)28(31)32/h1-8,11,13H,9-10,12H2,(H,23,29). The minimum atomic E-state index is -0.541. The second-order valence-corrected chi connectivity index (χ2v) is 6.94. The van der Waals surface area contributed by atoms with Gasteiger partial charge in [-0.1, -0.05) is 24.3 Å². The minimum absolute atomic E-state index is 0.129. The number of para-hydroxylation sites is 2. The van der Waals surface area contributed by atoms with Gasteiger partial charge in [0.05, 0.1) is 11.1 Å². The molecule has 1 N–H and O–H groups in total. The molecule has 0 atom stereocenters. The maximum atomic E-state index is 12.9. The van der Waals surface area contributed by atoms with Gasteiger partial charge in [0.1, 0.15) is 29.8 Å². The van der Waals surface area contributed by atoms with E-state index in [0.717, 1.165) is 10.1 Å². The molecule has 0 aliphatic heterocycles. The molecular weight excluding hydrogens is 419 g/mol. The van der Waals surface area contributed by atoms with Crippen molar-refractivity contribution in [2.24, 2.45) is 0 Å². The topological polar surface area (TPSA) is 125 Å². The lowest BCUT2D eigenvalue weighted by molar-refractivity contribution is -0.384. The Morgan fingerprint density at radius 1 is 1.16 bits per heavy atom. The molecule has 10 nitrogen and oxygen atoms in total. The molecule has 2 aromatic heterocycles. The Balaban J connectivity index is 1.50. The number of hydrogen-bond acceptors (Lipinski definition) is 6. The Morgan fingerprint density at radius 2 is 1.91 bits per heavy atom. The molecule has 4 aromatic rings. The van der Waals surface area contributed by atoms with E-state index in [1.165, 1.54) is 47.5 Å². The summed E-state index contributed by atoms with van der Waals surface area (Å²) in [6, 6.07) is 12.0. The number of halogens is 1. The summed E-state index contributed by atoms with van der Waals surface area (Å²) in [6.07, 6.45) is 2.99. The number of carbonyl (C=O) groups is 1. The lowest BCUT2D eigenvalue weighted by Gasteiger charge is -2.08. The number of hydrogen-bond donors (Lipinski definition) is 1. The Bertz CT molecular complexity index is 1360. The maximum absolute atomic E-state index is 12.9. The lowest BCUT2D eigenvalue weighted by Crippen LogP contribution is -2.33. The number of aromatic nitrogens is 4. The number of nitrogens with one attached hydrogen (secondary N) is 1. The first-order chi connectivity index (χ1) is 15.4. The van der Waals surface area contributed by atoms with Gasteiger partial charge in [0.25, 0.3) is 11.2 Å². The van der Waals surface area contributed by atoms with Crippen molar-refractivity contribution in [2.45, 2.75) is 13.0 Å². The first-order valence-electron chi connectivity index (χ1n) is 9.62. The molecule has 0 unspecified atom stereocenters. The molecule has 2 aromatic carbocycles. The number of amides is 1. The fraction of sp³-hybridized carbons (Fsp3) is 0.143. The normalized spacial score (nSPS) is 10.9. The maximum Gasteiger partial charge on any atom is 0.294 e. The summed E-state index contributed by atoms with van der Waals surface area (Å²) in [5.74, 6) is -0.716. The molecule has 0 aliphatic rings. The number of benzene rings is 2. The van der Waals surface area contributed by atoms with E-state index in [-0.39, 0.29) is 40.7 Å². The predicted molar refractivity (Wildman–Crippen MR) is 113 cm³/mol. The molecule has 0 aliphatic carbocycles. The van der Waals surface area contributed by atoms with Crippen LogP contribution in [0.2, 0.25) is 0 Å².